The number of fused-ring (bicyclic) bond motifs is 2. The van der Waals surface area contributed by atoms with E-state index < -0.39 is 0 Å². The molecule has 0 radical (unpaired) electrons. The molecule has 23 heavy (non-hydrogen) atoms. The van der Waals surface area contributed by atoms with Gasteiger partial charge in [-0.15, -0.1) is 0 Å². The molecule has 4 rings (SSSR count). The summed E-state index contributed by atoms with van der Waals surface area (Å²) in [6.45, 7) is 1.74. The average Bonchev–Trinajstić information content (AvgIpc) is 2.59. The van der Waals surface area contributed by atoms with Gasteiger partial charge in [0, 0.05) is 24.1 Å². The molecule has 1 aliphatic rings. The monoisotopic (exact) mass is 305 g/mol. The average molecular weight is 305 g/mol. The molecule has 0 aromatic heterocycles. The largest absolute Gasteiger partial charge is 0.508 e. The van der Waals surface area contributed by atoms with Crippen LogP contribution in [0.15, 0.2) is 48.5 Å². The highest BCUT2D eigenvalue weighted by Gasteiger charge is 2.18. The summed E-state index contributed by atoms with van der Waals surface area (Å²) < 4.78 is 0. The summed E-state index contributed by atoms with van der Waals surface area (Å²) in [6, 6.07) is 15.5. The van der Waals surface area contributed by atoms with Crippen LogP contribution in [0, 0.1) is 0 Å². The lowest BCUT2D eigenvalue weighted by Gasteiger charge is -2.22. The molecule has 3 N–H and O–H groups in total. The maximum Gasteiger partial charge on any atom is 0.119 e. The van der Waals surface area contributed by atoms with Gasteiger partial charge in [-0.05, 0) is 47.0 Å². The SMILES string of the molecule is Oc1ccc2c(c1Cc1c(O)ccc3ccccc13)CNCC2. The predicted octanol–water partition coefficient (Wildman–Crippen LogP) is 3.49. The second kappa shape index (κ2) is 5.60. The van der Waals surface area contributed by atoms with Crippen LogP contribution in [0.4, 0.5) is 0 Å². The van der Waals surface area contributed by atoms with Crippen molar-refractivity contribution in [2.45, 2.75) is 19.4 Å². The van der Waals surface area contributed by atoms with Crippen molar-refractivity contribution in [1.29, 1.82) is 0 Å². The Bertz CT molecular complexity index is 886. The molecule has 0 spiro atoms. The van der Waals surface area contributed by atoms with Crippen molar-refractivity contribution in [3.63, 3.8) is 0 Å². The second-order valence-electron chi connectivity index (χ2n) is 6.09. The zero-order valence-corrected chi connectivity index (χ0v) is 12.8. The van der Waals surface area contributed by atoms with E-state index in [1.54, 1.807) is 12.1 Å². The Labute approximate surface area is 135 Å². The van der Waals surface area contributed by atoms with Gasteiger partial charge in [-0.1, -0.05) is 36.4 Å². The van der Waals surface area contributed by atoms with Gasteiger partial charge >= 0.3 is 0 Å². The molecular weight excluding hydrogens is 286 g/mol. The van der Waals surface area contributed by atoms with Crippen LogP contribution >= 0.6 is 0 Å². The normalized spacial score (nSPS) is 13.9. The van der Waals surface area contributed by atoms with E-state index in [1.165, 1.54) is 11.1 Å². The Morgan fingerprint density at radius 3 is 2.57 bits per heavy atom. The minimum Gasteiger partial charge on any atom is -0.508 e. The van der Waals surface area contributed by atoms with Crippen LogP contribution < -0.4 is 5.32 Å². The van der Waals surface area contributed by atoms with E-state index in [0.29, 0.717) is 12.2 Å². The van der Waals surface area contributed by atoms with Crippen molar-refractivity contribution in [3.05, 3.63) is 70.8 Å². The lowest BCUT2D eigenvalue weighted by molar-refractivity contribution is 0.461. The molecule has 0 atom stereocenters. The number of nitrogens with one attached hydrogen (secondary N) is 1. The number of rotatable bonds is 2. The van der Waals surface area contributed by atoms with Gasteiger partial charge in [0.25, 0.3) is 0 Å². The van der Waals surface area contributed by atoms with Gasteiger partial charge in [-0.25, -0.2) is 0 Å². The van der Waals surface area contributed by atoms with Gasteiger partial charge in [0.05, 0.1) is 0 Å². The number of phenols is 2. The molecule has 0 aliphatic carbocycles. The highest BCUT2D eigenvalue weighted by atomic mass is 16.3. The van der Waals surface area contributed by atoms with E-state index in [4.69, 9.17) is 0 Å². The van der Waals surface area contributed by atoms with E-state index in [1.807, 2.05) is 36.4 Å². The zero-order valence-electron chi connectivity index (χ0n) is 12.8. The van der Waals surface area contributed by atoms with Crippen molar-refractivity contribution in [2.75, 3.05) is 6.54 Å². The fourth-order valence-corrected chi connectivity index (χ4v) is 3.50. The summed E-state index contributed by atoms with van der Waals surface area (Å²) in [5, 5.41) is 26.3. The molecule has 3 nitrogen and oxygen atoms in total. The first kappa shape index (κ1) is 14.1. The van der Waals surface area contributed by atoms with Crippen LogP contribution in [0.5, 0.6) is 11.5 Å². The maximum atomic E-state index is 10.4. The van der Waals surface area contributed by atoms with Crippen molar-refractivity contribution in [1.82, 2.24) is 5.32 Å². The van der Waals surface area contributed by atoms with Gasteiger partial charge in [0.2, 0.25) is 0 Å². The molecule has 3 aromatic rings. The Morgan fingerprint density at radius 2 is 1.65 bits per heavy atom. The Morgan fingerprint density at radius 1 is 0.870 bits per heavy atom. The van der Waals surface area contributed by atoms with Crippen LogP contribution in [0.3, 0.4) is 0 Å². The number of benzene rings is 3. The molecular formula is C20H19NO2. The number of hydrogen-bond donors (Lipinski definition) is 3. The zero-order chi connectivity index (χ0) is 15.8. The first-order valence-corrected chi connectivity index (χ1v) is 7.97. The molecule has 1 aliphatic heterocycles. The third-order valence-corrected chi connectivity index (χ3v) is 4.75. The number of phenolic OH excluding ortho intramolecular Hbond substituents is 2. The smallest absolute Gasteiger partial charge is 0.119 e. The van der Waals surface area contributed by atoms with Crippen LogP contribution in [0.25, 0.3) is 10.8 Å². The Balaban J connectivity index is 1.87. The minimum atomic E-state index is 0.282. The molecule has 116 valence electrons. The summed E-state index contributed by atoms with van der Waals surface area (Å²) in [5.74, 6) is 0.587. The van der Waals surface area contributed by atoms with E-state index in [9.17, 15) is 10.2 Å². The topological polar surface area (TPSA) is 52.5 Å². The van der Waals surface area contributed by atoms with Crippen molar-refractivity contribution >= 4 is 10.8 Å². The summed E-state index contributed by atoms with van der Waals surface area (Å²) in [4.78, 5) is 0. The maximum absolute atomic E-state index is 10.4. The minimum absolute atomic E-state index is 0.282. The molecule has 0 saturated carbocycles. The third kappa shape index (κ3) is 2.43. The van der Waals surface area contributed by atoms with Gasteiger partial charge in [-0.3, -0.25) is 0 Å². The van der Waals surface area contributed by atoms with Gasteiger partial charge < -0.3 is 15.5 Å². The summed E-state index contributed by atoms with van der Waals surface area (Å²) in [7, 11) is 0. The van der Waals surface area contributed by atoms with E-state index in [-0.39, 0.29) is 5.75 Å². The standard InChI is InChI=1S/C20H19NO2/c22-19-7-5-13-3-1-2-4-15(13)16(19)11-17-18-12-21-10-9-14(18)6-8-20(17)23/h1-8,21-23H,9-12H2. The lowest BCUT2D eigenvalue weighted by atomic mass is 9.89. The van der Waals surface area contributed by atoms with Crippen molar-refractivity contribution in [2.24, 2.45) is 0 Å². The van der Waals surface area contributed by atoms with Crippen LogP contribution in [-0.2, 0) is 19.4 Å². The number of aromatic hydroxyl groups is 2. The molecule has 0 unspecified atom stereocenters. The predicted molar refractivity (Wildman–Crippen MR) is 91.9 cm³/mol. The number of hydrogen-bond acceptors (Lipinski definition) is 3. The van der Waals surface area contributed by atoms with E-state index in [2.05, 4.69) is 5.32 Å². The molecule has 0 amide bonds. The first-order valence-electron chi connectivity index (χ1n) is 7.97. The second-order valence-corrected chi connectivity index (χ2v) is 6.09. The van der Waals surface area contributed by atoms with Gasteiger partial charge in [0.15, 0.2) is 0 Å². The van der Waals surface area contributed by atoms with Crippen LogP contribution in [0.2, 0.25) is 0 Å². The van der Waals surface area contributed by atoms with E-state index in [0.717, 1.165) is 41.4 Å². The fraction of sp³-hybridized carbons (Fsp3) is 0.200. The quantitative estimate of drug-likeness (QED) is 0.679. The molecule has 3 aromatic carbocycles. The van der Waals surface area contributed by atoms with Crippen molar-refractivity contribution < 1.29 is 10.2 Å². The Kier molecular flexibility index (Phi) is 3.43. The summed E-state index contributed by atoms with van der Waals surface area (Å²) in [6.07, 6.45) is 1.51. The van der Waals surface area contributed by atoms with Crippen molar-refractivity contribution in [3.8, 4) is 11.5 Å². The molecule has 1 heterocycles. The van der Waals surface area contributed by atoms with Gasteiger partial charge in [-0.2, -0.15) is 0 Å². The molecule has 0 fully saturated rings. The fourth-order valence-electron chi connectivity index (χ4n) is 3.50. The highest BCUT2D eigenvalue weighted by Crippen LogP contribution is 2.34. The molecule has 3 heteroatoms. The van der Waals surface area contributed by atoms with Crippen LogP contribution in [0.1, 0.15) is 22.3 Å². The van der Waals surface area contributed by atoms with E-state index >= 15 is 0 Å². The molecule has 0 saturated heterocycles. The first-order chi connectivity index (χ1) is 11.2. The summed E-state index contributed by atoms with van der Waals surface area (Å²) >= 11 is 0. The van der Waals surface area contributed by atoms with Crippen LogP contribution in [-0.4, -0.2) is 16.8 Å². The summed E-state index contributed by atoms with van der Waals surface area (Å²) in [5.41, 5.74) is 4.25. The van der Waals surface area contributed by atoms with Gasteiger partial charge in [0.1, 0.15) is 11.5 Å². The third-order valence-electron chi connectivity index (χ3n) is 4.75. The Hall–Kier alpha value is -2.52. The molecule has 0 bridgehead atoms. The lowest BCUT2D eigenvalue weighted by Crippen LogP contribution is -2.24. The highest BCUT2D eigenvalue weighted by molar-refractivity contribution is 5.88.